The minimum atomic E-state index is -3.57. The smallest absolute Gasteiger partial charge is 0.232 e. The number of rotatable bonds is 8. The minimum Gasteiger partial charge on any atom is -0.282 e. The van der Waals surface area contributed by atoms with Crippen LogP contribution in [0, 0.1) is 0 Å². The molecule has 1 rings (SSSR count). The highest BCUT2D eigenvalue weighted by Crippen LogP contribution is 2.23. The first-order valence-corrected chi connectivity index (χ1v) is 10.0. The highest BCUT2D eigenvalue weighted by atomic mass is 35.5. The number of sulfone groups is 1. The molecule has 0 spiro atoms. The number of alkyl halides is 1. The minimum absolute atomic E-state index is 0.00317. The van der Waals surface area contributed by atoms with Crippen LogP contribution in [0.25, 0.3) is 0 Å². The van der Waals surface area contributed by atoms with Crippen molar-refractivity contribution in [3.8, 4) is 0 Å². The summed E-state index contributed by atoms with van der Waals surface area (Å²) in [6, 6.07) is 6.00. The summed E-state index contributed by atoms with van der Waals surface area (Å²) in [5, 5.41) is 0. The average Bonchev–Trinajstić information content (AvgIpc) is 2.39. The van der Waals surface area contributed by atoms with Gasteiger partial charge in [0.15, 0.2) is 9.84 Å². The van der Waals surface area contributed by atoms with Gasteiger partial charge in [0.1, 0.15) is 0 Å². The second kappa shape index (κ2) is 7.28. The maximum Gasteiger partial charge on any atom is 0.232 e. The summed E-state index contributed by atoms with van der Waals surface area (Å²) in [7, 11) is -7.05. The third kappa shape index (κ3) is 4.96. The molecule has 0 fully saturated rings. The fourth-order valence-corrected chi connectivity index (χ4v) is 4.09. The number of para-hydroxylation sites is 1. The highest BCUT2D eigenvalue weighted by molar-refractivity contribution is 7.93. The third-order valence-corrected chi connectivity index (χ3v) is 6.07. The van der Waals surface area contributed by atoms with Crippen molar-refractivity contribution in [2.75, 3.05) is 22.1 Å². The lowest BCUT2D eigenvalue weighted by Gasteiger charge is -2.12. The van der Waals surface area contributed by atoms with E-state index in [0.717, 1.165) is 0 Å². The molecule has 1 aromatic rings. The first kappa shape index (κ1) is 17.3. The summed E-state index contributed by atoms with van der Waals surface area (Å²) in [6.45, 7) is 1.51. The molecule has 0 aliphatic carbocycles. The van der Waals surface area contributed by atoms with Gasteiger partial charge in [-0.25, -0.2) is 16.8 Å². The van der Waals surface area contributed by atoms with E-state index >= 15 is 0 Å². The molecule has 8 heteroatoms. The molecule has 1 aromatic carbocycles. The summed E-state index contributed by atoms with van der Waals surface area (Å²) in [4.78, 5) is 0.00317. The summed E-state index contributed by atoms with van der Waals surface area (Å²) in [6.07, 6.45) is 1.03. The molecule has 0 aliphatic heterocycles. The number of sulfonamides is 1. The molecule has 5 nitrogen and oxygen atoms in total. The van der Waals surface area contributed by atoms with E-state index in [4.69, 9.17) is 11.6 Å². The predicted octanol–water partition coefficient (Wildman–Crippen LogP) is 2.24. The first-order valence-electron chi connectivity index (χ1n) is 6.20. The van der Waals surface area contributed by atoms with E-state index in [9.17, 15) is 16.8 Å². The number of halogens is 1. The molecule has 0 atom stereocenters. The van der Waals surface area contributed by atoms with E-state index in [1.165, 1.54) is 19.1 Å². The molecule has 0 saturated heterocycles. The van der Waals surface area contributed by atoms with E-state index in [2.05, 4.69) is 4.72 Å². The molecule has 0 aromatic heterocycles. The fraction of sp³-hybridized carbons (Fsp3) is 0.500. The summed E-state index contributed by atoms with van der Waals surface area (Å²) < 4.78 is 50.0. The van der Waals surface area contributed by atoms with Crippen molar-refractivity contribution in [3.05, 3.63) is 24.3 Å². The zero-order valence-electron chi connectivity index (χ0n) is 11.2. The Hall–Kier alpha value is -0.790. The second-order valence-corrected chi connectivity index (χ2v) is 8.68. The Morgan fingerprint density at radius 2 is 1.75 bits per heavy atom. The van der Waals surface area contributed by atoms with Gasteiger partial charge in [0.25, 0.3) is 0 Å². The Morgan fingerprint density at radius 1 is 1.10 bits per heavy atom. The van der Waals surface area contributed by atoms with Gasteiger partial charge in [-0.2, -0.15) is 0 Å². The fourth-order valence-electron chi connectivity index (χ4n) is 1.58. The van der Waals surface area contributed by atoms with Gasteiger partial charge in [-0.05, 0) is 25.0 Å². The largest absolute Gasteiger partial charge is 0.282 e. The normalized spacial score (nSPS) is 12.3. The lowest BCUT2D eigenvalue weighted by atomic mass is 10.3. The van der Waals surface area contributed by atoms with E-state index in [1.54, 1.807) is 12.1 Å². The number of hydrogen-bond acceptors (Lipinski definition) is 4. The molecule has 0 radical (unpaired) electrons. The number of unbranched alkanes of at least 4 members (excludes halogenated alkanes) is 1. The standard InChI is InChI=1S/C12H18ClNO4S2/c1-2-19(15,16)12-8-4-3-7-11(12)14-20(17,18)10-6-5-9-13/h3-4,7-8,14H,2,5-6,9-10H2,1H3. The van der Waals surface area contributed by atoms with Crippen LogP contribution in [0.15, 0.2) is 29.2 Å². The van der Waals surface area contributed by atoms with Crippen LogP contribution in [0.4, 0.5) is 5.69 Å². The molecule has 0 unspecified atom stereocenters. The summed E-state index contributed by atoms with van der Waals surface area (Å²) in [5.74, 6) is 0.231. The number of nitrogens with one attached hydrogen (secondary N) is 1. The van der Waals surface area contributed by atoms with Crippen LogP contribution in [-0.4, -0.2) is 34.2 Å². The van der Waals surface area contributed by atoms with Gasteiger partial charge in [0.05, 0.1) is 22.1 Å². The van der Waals surface area contributed by atoms with Crippen LogP contribution in [-0.2, 0) is 19.9 Å². The molecule has 114 valence electrons. The van der Waals surface area contributed by atoms with Gasteiger partial charge in [0, 0.05) is 5.88 Å². The molecular formula is C12H18ClNO4S2. The molecular weight excluding hydrogens is 322 g/mol. The number of anilines is 1. The molecule has 0 heterocycles. The third-order valence-electron chi connectivity index (χ3n) is 2.66. The van der Waals surface area contributed by atoms with Gasteiger partial charge in [0.2, 0.25) is 10.0 Å². The monoisotopic (exact) mass is 339 g/mol. The zero-order chi connectivity index (χ0) is 15.2. The topological polar surface area (TPSA) is 80.3 Å². The molecule has 0 saturated carbocycles. The van der Waals surface area contributed by atoms with Crippen LogP contribution in [0.2, 0.25) is 0 Å². The van der Waals surface area contributed by atoms with Crippen LogP contribution in [0.3, 0.4) is 0 Å². The van der Waals surface area contributed by atoms with Gasteiger partial charge in [-0.1, -0.05) is 19.1 Å². The van der Waals surface area contributed by atoms with Crippen molar-refractivity contribution < 1.29 is 16.8 Å². The van der Waals surface area contributed by atoms with Crippen LogP contribution < -0.4 is 4.72 Å². The SMILES string of the molecule is CCS(=O)(=O)c1ccccc1NS(=O)(=O)CCCCCl. The Morgan fingerprint density at radius 3 is 2.35 bits per heavy atom. The van der Waals surface area contributed by atoms with Gasteiger partial charge >= 0.3 is 0 Å². The van der Waals surface area contributed by atoms with Crippen molar-refractivity contribution in [2.45, 2.75) is 24.7 Å². The lowest BCUT2D eigenvalue weighted by Crippen LogP contribution is -2.19. The van der Waals surface area contributed by atoms with E-state index < -0.39 is 19.9 Å². The quantitative estimate of drug-likeness (QED) is 0.581. The van der Waals surface area contributed by atoms with Crippen molar-refractivity contribution in [2.24, 2.45) is 0 Å². The summed E-state index contributed by atoms with van der Waals surface area (Å²) >= 11 is 5.50. The van der Waals surface area contributed by atoms with E-state index in [0.29, 0.717) is 18.7 Å². The number of benzene rings is 1. The maximum absolute atomic E-state index is 11.9. The van der Waals surface area contributed by atoms with Gasteiger partial charge in [-0.15, -0.1) is 11.6 Å². The Balaban J connectivity index is 2.99. The highest BCUT2D eigenvalue weighted by Gasteiger charge is 2.19. The maximum atomic E-state index is 11.9. The second-order valence-electron chi connectivity index (χ2n) is 4.22. The van der Waals surface area contributed by atoms with E-state index in [-0.39, 0.29) is 22.1 Å². The van der Waals surface area contributed by atoms with Crippen molar-refractivity contribution in [3.63, 3.8) is 0 Å². The first-order chi connectivity index (χ1) is 9.32. The molecule has 20 heavy (non-hydrogen) atoms. The van der Waals surface area contributed by atoms with Crippen molar-refractivity contribution >= 4 is 37.1 Å². The predicted molar refractivity (Wildman–Crippen MR) is 81.5 cm³/mol. The van der Waals surface area contributed by atoms with Crippen molar-refractivity contribution in [1.82, 2.24) is 0 Å². The zero-order valence-corrected chi connectivity index (χ0v) is 13.6. The molecule has 0 bridgehead atoms. The van der Waals surface area contributed by atoms with Gasteiger partial charge < -0.3 is 0 Å². The average molecular weight is 340 g/mol. The number of hydrogen-bond donors (Lipinski definition) is 1. The Bertz CT molecular complexity index is 641. The molecule has 1 N–H and O–H groups in total. The van der Waals surface area contributed by atoms with Crippen LogP contribution in [0.1, 0.15) is 19.8 Å². The molecule has 0 aliphatic rings. The molecule has 0 amide bonds. The summed E-state index contributed by atoms with van der Waals surface area (Å²) in [5.41, 5.74) is 0.0974. The van der Waals surface area contributed by atoms with Crippen LogP contribution in [0.5, 0.6) is 0 Å². The van der Waals surface area contributed by atoms with E-state index in [1.807, 2.05) is 0 Å². The van der Waals surface area contributed by atoms with Gasteiger partial charge in [-0.3, -0.25) is 4.72 Å². The Labute approximate surface area is 125 Å². The lowest BCUT2D eigenvalue weighted by molar-refractivity contribution is 0.597. The Kier molecular flexibility index (Phi) is 6.29. The van der Waals surface area contributed by atoms with Crippen molar-refractivity contribution in [1.29, 1.82) is 0 Å². The van der Waals surface area contributed by atoms with Crippen LogP contribution >= 0.6 is 11.6 Å².